The van der Waals surface area contributed by atoms with Gasteiger partial charge in [-0.25, -0.2) is 4.79 Å². The van der Waals surface area contributed by atoms with Crippen molar-refractivity contribution >= 4 is 11.8 Å². The normalized spacial score (nSPS) is 15.5. The number of ketones is 1. The van der Waals surface area contributed by atoms with Gasteiger partial charge in [0.25, 0.3) is 0 Å². The zero-order chi connectivity index (χ0) is 19.2. The third-order valence-electron chi connectivity index (χ3n) is 4.89. The van der Waals surface area contributed by atoms with Crippen LogP contribution in [0.5, 0.6) is 0 Å². The summed E-state index contributed by atoms with van der Waals surface area (Å²) in [5.74, 6) is -0.469. The lowest BCUT2D eigenvalue weighted by atomic mass is 9.96. The minimum atomic E-state index is -0.405. The van der Waals surface area contributed by atoms with Crippen molar-refractivity contribution < 1.29 is 14.3 Å². The lowest BCUT2D eigenvalue weighted by Gasteiger charge is -2.32. The zero-order valence-electron chi connectivity index (χ0n) is 16.0. The molecule has 0 spiro atoms. The van der Waals surface area contributed by atoms with Crippen LogP contribution in [0.3, 0.4) is 0 Å². The van der Waals surface area contributed by atoms with Gasteiger partial charge in [-0.3, -0.25) is 9.69 Å². The number of nitrogens with zero attached hydrogens (tertiary/aromatic N) is 2. The maximum absolute atomic E-state index is 13.1. The summed E-state index contributed by atoms with van der Waals surface area (Å²) in [6.45, 7) is 6.91. The number of likely N-dealkylation sites (N-methyl/N-ethyl adjacent to an activating group) is 1. The van der Waals surface area contributed by atoms with Gasteiger partial charge in [0.05, 0.1) is 12.2 Å². The Hall–Kier alpha value is -2.50. The van der Waals surface area contributed by atoms with E-state index in [1.54, 1.807) is 31.2 Å². The van der Waals surface area contributed by atoms with Crippen LogP contribution in [0.15, 0.2) is 48.5 Å². The molecule has 1 aliphatic rings. The lowest BCUT2D eigenvalue weighted by molar-refractivity contribution is 0.0526. The first kappa shape index (κ1) is 19.3. The lowest BCUT2D eigenvalue weighted by Crippen LogP contribution is -2.44. The molecule has 0 aromatic heterocycles. The molecule has 5 heteroatoms. The first-order chi connectivity index (χ1) is 13.1. The molecule has 0 bridgehead atoms. The Labute approximate surface area is 160 Å². The summed E-state index contributed by atoms with van der Waals surface area (Å²) in [7, 11) is 2.13. The number of benzene rings is 2. The van der Waals surface area contributed by atoms with Crippen LogP contribution >= 0.6 is 0 Å². The summed E-state index contributed by atoms with van der Waals surface area (Å²) < 4.78 is 5.04. The third kappa shape index (κ3) is 4.81. The summed E-state index contributed by atoms with van der Waals surface area (Å²) >= 11 is 0. The zero-order valence-corrected chi connectivity index (χ0v) is 16.0. The van der Waals surface area contributed by atoms with Crippen LogP contribution in [0.25, 0.3) is 0 Å². The fourth-order valence-corrected chi connectivity index (χ4v) is 3.28. The number of hydrogen-bond acceptors (Lipinski definition) is 5. The molecule has 1 saturated heterocycles. The highest BCUT2D eigenvalue weighted by Crippen LogP contribution is 2.18. The Balaban J connectivity index is 1.81. The average Bonchev–Trinajstić information content (AvgIpc) is 2.70. The molecular weight excluding hydrogens is 340 g/mol. The van der Waals surface area contributed by atoms with Gasteiger partial charge < -0.3 is 9.64 Å². The van der Waals surface area contributed by atoms with Crippen molar-refractivity contribution in [2.45, 2.75) is 13.5 Å². The van der Waals surface area contributed by atoms with Crippen LogP contribution in [0.1, 0.15) is 38.8 Å². The molecule has 3 rings (SSSR count). The van der Waals surface area contributed by atoms with Crippen LogP contribution in [0.4, 0.5) is 0 Å². The van der Waals surface area contributed by atoms with E-state index in [4.69, 9.17) is 4.74 Å². The van der Waals surface area contributed by atoms with Gasteiger partial charge in [-0.2, -0.15) is 0 Å². The van der Waals surface area contributed by atoms with Gasteiger partial charge >= 0.3 is 5.97 Å². The van der Waals surface area contributed by atoms with E-state index >= 15 is 0 Å². The number of esters is 1. The van der Waals surface area contributed by atoms with E-state index in [0.717, 1.165) is 38.3 Å². The Bertz CT molecular complexity index is 811. The highest BCUT2D eigenvalue weighted by atomic mass is 16.5. The van der Waals surface area contributed by atoms with Gasteiger partial charge in [0.2, 0.25) is 0 Å². The average molecular weight is 366 g/mol. The minimum absolute atomic E-state index is 0.0640. The topological polar surface area (TPSA) is 49.9 Å². The number of ether oxygens (including phenoxy) is 1. The van der Waals surface area contributed by atoms with E-state index in [0.29, 0.717) is 23.3 Å². The van der Waals surface area contributed by atoms with Gasteiger partial charge in [0.1, 0.15) is 0 Å². The molecule has 0 saturated carbocycles. The largest absolute Gasteiger partial charge is 0.462 e. The Kier molecular flexibility index (Phi) is 6.37. The minimum Gasteiger partial charge on any atom is -0.462 e. The highest BCUT2D eigenvalue weighted by molar-refractivity contribution is 6.10. The monoisotopic (exact) mass is 366 g/mol. The second kappa shape index (κ2) is 8.93. The molecule has 27 heavy (non-hydrogen) atoms. The highest BCUT2D eigenvalue weighted by Gasteiger charge is 2.19. The molecule has 0 unspecified atom stereocenters. The van der Waals surface area contributed by atoms with E-state index < -0.39 is 5.97 Å². The van der Waals surface area contributed by atoms with E-state index in [-0.39, 0.29) is 5.78 Å². The molecule has 1 fully saturated rings. The molecule has 142 valence electrons. The first-order valence-electron chi connectivity index (χ1n) is 9.39. The standard InChI is InChI=1S/C22H26N2O3/c1-3-27-22(26)18-9-6-8-17(15-18)21(25)20-10-5-4-7-19(20)16-24-13-11-23(2)12-14-24/h4-10,15H,3,11-14,16H2,1-2H3. The van der Waals surface area contributed by atoms with Crippen LogP contribution in [0.2, 0.25) is 0 Å². The van der Waals surface area contributed by atoms with Crippen molar-refractivity contribution in [2.75, 3.05) is 39.8 Å². The van der Waals surface area contributed by atoms with Gasteiger partial charge in [-0.15, -0.1) is 0 Å². The Morgan fingerprint density at radius 1 is 0.963 bits per heavy atom. The number of hydrogen-bond donors (Lipinski definition) is 0. The number of piperazine rings is 1. The summed E-state index contributed by atoms with van der Waals surface area (Å²) in [4.78, 5) is 29.8. The molecule has 2 aromatic carbocycles. The van der Waals surface area contributed by atoms with Crippen LogP contribution in [0, 0.1) is 0 Å². The van der Waals surface area contributed by atoms with Crippen molar-refractivity contribution in [1.29, 1.82) is 0 Å². The second-order valence-electron chi connectivity index (χ2n) is 6.87. The second-order valence-corrected chi connectivity index (χ2v) is 6.87. The van der Waals surface area contributed by atoms with E-state index in [1.165, 1.54) is 0 Å². The van der Waals surface area contributed by atoms with Gasteiger partial charge in [-0.05, 0) is 31.7 Å². The molecule has 0 atom stereocenters. The molecule has 0 aliphatic carbocycles. The predicted octanol–water partition coefficient (Wildman–Crippen LogP) is 2.84. The number of rotatable bonds is 6. The maximum Gasteiger partial charge on any atom is 0.338 e. The quantitative estimate of drug-likeness (QED) is 0.581. The molecule has 0 amide bonds. The SMILES string of the molecule is CCOC(=O)c1cccc(C(=O)c2ccccc2CN2CCN(C)CC2)c1. The molecule has 0 radical (unpaired) electrons. The van der Waals surface area contributed by atoms with Crippen LogP contribution in [-0.2, 0) is 11.3 Å². The van der Waals surface area contributed by atoms with Crippen molar-refractivity contribution in [3.8, 4) is 0 Å². The molecule has 1 heterocycles. The first-order valence-corrected chi connectivity index (χ1v) is 9.39. The molecule has 1 aliphatic heterocycles. The van der Waals surface area contributed by atoms with E-state index in [9.17, 15) is 9.59 Å². The molecule has 5 nitrogen and oxygen atoms in total. The van der Waals surface area contributed by atoms with Gasteiger partial charge in [0.15, 0.2) is 5.78 Å². The molecule has 2 aromatic rings. The smallest absolute Gasteiger partial charge is 0.338 e. The number of carbonyl (C=O) groups is 2. The van der Waals surface area contributed by atoms with Gasteiger partial charge in [0, 0.05) is 43.9 Å². The van der Waals surface area contributed by atoms with Crippen molar-refractivity contribution in [1.82, 2.24) is 9.80 Å². The summed E-state index contributed by atoms with van der Waals surface area (Å²) in [5.41, 5.74) is 2.62. The summed E-state index contributed by atoms with van der Waals surface area (Å²) in [5, 5.41) is 0. The van der Waals surface area contributed by atoms with Crippen LogP contribution < -0.4 is 0 Å². The predicted molar refractivity (Wildman–Crippen MR) is 105 cm³/mol. The van der Waals surface area contributed by atoms with Gasteiger partial charge in [-0.1, -0.05) is 36.4 Å². The fourth-order valence-electron chi connectivity index (χ4n) is 3.28. The third-order valence-corrected chi connectivity index (χ3v) is 4.89. The number of carbonyl (C=O) groups excluding carboxylic acids is 2. The summed E-state index contributed by atoms with van der Waals surface area (Å²) in [6.07, 6.45) is 0. The van der Waals surface area contributed by atoms with Crippen molar-refractivity contribution in [3.63, 3.8) is 0 Å². The molecular formula is C22H26N2O3. The Morgan fingerprint density at radius 3 is 2.41 bits per heavy atom. The molecule has 0 N–H and O–H groups in total. The summed E-state index contributed by atoms with van der Waals surface area (Å²) in [6, 6.07) is 14.5. The van der Waals surface area contributed by atoms with Crippen molar-refractivity contribution in [3.05, 3.63) is 70.8 Å². The fraction of sp³-hybridized carbons (Fsp3) is 0.364. The van der Waals surface area contributed by atoms with Crippen molar-refractivity contribution in [2.24, 2.45) is 0 Å². The van der Waals surface area contributed by atoms with E-state index in [1.807, 2.05) is 24.3 Å². The maximum atomic E-state index is 13.1. The van der Waals surface area contributed by atoms with Crippen LogP contribution in [-0.4, -0.2) is 61.4 Å². The van der Waals surface area contributed by atoms with E-state index in [2.05, 4.69) is 16.8 Å². The Morgan fingerprint density at radius 2 is 1.67 bits per heavy atom.